The van der Waals surface area contributed by atoms with Gasteiger partial charge in [-0.15, -0.1) is 11.3 Å². The highest BCUT2D eigenvalue weighted by atomic mass is 32.1. The third-order valence-electron chi connectivity index (χ3n) is 2.78. The molecule has 0 fully saturated rings. The lowest BCUT2D eigenvalue weighted by Gasteiger charge is -1.98. The Morgan fingerprint density at radius 3 is 2.47 bits per heavy atom. The van der Waals surface area contributed by atoms with Crippen LogP contribution in [0.2, 0.25) is 0 Å². The molecule has 0 radical (unpaired) electrons. The average molecular weight is 255 g/mol. The number of rotatable bonds is 8. The van der Waals surface area contributed by atoms with Crippen LogP contribution in [0.15, 0.2) is 0 Å². The number of aromatic carboxylic acids is 1. The molecule has 96 valence electrons. The second-order valence-electron chi connectivity index (χ2n) is 4.35. The Morgan fingerprint density at radius 2 is 1.88 bits per heavy atom. The van der Waals surface area contributed by atoms with Gasteiger partial charge in [0.1, 0.15) is 4.88 Å². The number of nitrogens with zero attached hydrogens (tertiary/aromatic N) is 1. The maximum atomic E-state index is 10.9. The third kappa shape index (κ3) is 4.86. The second-order valence-corrected chi connectivity index (χ2v) is 5.43. The molecule has 0 unspecified atom stereocenters. The van der Waals surface area contributed by atoms with Gasteiger partial charge in [-0.2, -0.15) is 0 Å². The summed E-state index contributed by atoms with van der Waals surface area (Å²) in [5.41, 5.74) is 0.656. The molecule has 1 heterocycles. The van der Waals surface area contributed by atoms with Crippen molar-refractivity contribution < 1.29 is 9.90 Å². The zero-order valence-electron chi connectivity index (χ0n) is 10.7. The molecule has 0 bridgehead atoms. The summed E-state index contributed by atoms with van der Waals surface area (Å²) in [6.07, 6.45) is 8.45. The van der Waals surface area contributed by atoms with Crippen molar-refractivity contribution >= 4 is 17.3 Å². The van der Waals surface area contributed by atoms with Gasteiger partial charge >= 0.3 is 5.97 Å². The normalized spacial score (nSPS) is 10.7. The van der Waals surface area contributed by atoms with Crippen molar-refractivity contribution in [2.45, 2.75) is 58.8 Å². The van der Waals surface area contributed by atoms with Gasteiger partial charge in [-0.3, -0.25) is 0 Å². The zero-order valence-corrected chi connectivity index (χ0v) is 11.5. The molecule has 0 atom stereocenters. The van der Waals surface area contributed by atoms with Gasteiger partial charge in [0.2, 0.25) is 0 Å². The van der Waals surface area contributed by atoms with E-state index >= 15 is 0 Å². The molecule has 0 aliphatic heterocycles. The van der Waals surface area contributed by atoms with E-state index in [4.69, 9.17) is 5.11 Å². The highest BCUT2D eigenvalue weighted by Crippen LogP contribution is 2.20. The SMILES string of the molecule is CCCCCCCCc1nc(C)c(C(=O)O)s1. The first-order valence-electron chi connectivity index (χ1n) is 6.34. The summed E-state index contributed by atoms with van der Waals surface area (Å²) in [6, 6.07) is 0. The smallest absolute Gasteiger partial charge is 0.347 e. The summed E-state index contributed by atoms with van der Waals surface area (Å²) >= 11 is 1.33. The van der Waals surface area contributed by atoms with E-state index in [-0.39, 0.29) is 0 Å². The van der Waals surface area contributed by atoms with Gasteiger partial charge in [0.05, 0.1) is 10.7 Å². The molecule has 17 heavy (non-hydrogen) atoms. The minimum absolute atomic E-state index is 0.394. The fourth-order valence-electron chi connectivity index (χ4n) is 1.81. The Labute approximate surface area is 107 Å². The van der Waals surface area contributed by atoms with Crippen LogP contribution in [0.3, 0.4) is 0 Å². The van der Waals surface area contributed by atoms with E-state index in [0.29, 0.717) is 10.6 Å². The first-order valence-corrected chi connectivity index (χ1v) is 7.16. The molecular formula is C13H21NO2S. The highest BCUT2D eigenvalue weighted by Gasteiger charge is 2.13. The molecule has 4 heteroatoms. The lowest BCUT2D eigenvalue weighted by Crippen LogP contribution is -1.94. The van der Waals surface area contributed by atoms with Crippen molar-refractivity contribution in [2.24, 2.45) is 0 Å². The first kappa shape index (κ1) is 14.2. The standard InChI is InChI=1S/C13H21NO2S/c1-3-4-5-6-7-8-9-11-14-10(2)12(17-11)13(15)16/h3-9H2,1-2H3,(H,15,16). The zero-order chi connectivity index (χ0) is 12.7. The number of hydrogen-bond acceptors (Lipinski definition) is 3. The fraction of sp³-hybridized carbons (Fsp3) is 0.692. The molecule has 0 amide bonds. The van der Waals surface area contributed by atoms with Gasteiger partial charge in [-0.05, 0) is 19.8 Å². The van der Waals surface area contributed by atoms with Crippen molar-refractivity contribution in [3.8, 4) is 0 Å². The van der Waals surface area contributed by atoms with Crippen LogP contribution in [0.4, 0.5) is 0 Å². The van der Waals surface area contributed by atoms with Crippen molar-refractivity contribution in [1.29, 1.82) is 0 Å². The molecule has 1 N–H and O–H groups in total. The maximum Gasteiger partial charge on any atom is 0.347 e. The van der Waals surface area contributed by atoms with E-state index in [1.54, 1.807) is 6.92 Å². The molecule has 0 spiro atoms. The van der Waals surface area contributed by atoms with E-state index in [9.17, 15) is 4.79 Å². The summed E-state index contributed by atoms with van der Waals surface area (Å²) < 4.78 is 0. The largest absolute Gasteiger partial charge is 0.477 e. The van der Waals surface area contributed by atoms with Crippen LogP contribution in [0.1, 0.15) is 65.8 Å². The molecular weight excluding hydrogens is 234 g/mol. The molecule has 3 nitrogen and oxygen atoms in total. The van der Waals surface area contributed by atoms with Crippen LogP contribution >= 0.6 is 11.3 Å². The van der Waals surface area contributed by atoms with Crippen molar-refractivity contribution in [3.63, 3.8) is 0 Å². The number of carboxylic acids is 1. The number of hydrogen-bond donors (Lipinski definition) is 1. The predicted octanol–water partition coefficient (Wildman–Crippen LogP) is 4.05. The van der Waals surface area contributed by atoms with Crippen LogP contribution in [-0.2, 0) is 6.42 Å². The summed E-state index contributed by atoms with van der Waals surface area (Å²) in [5, 5.41) is 9.89. The number of thiazole rings is 1. The number of carboxylic acid groups (broad SMARTS) is 1. The number of unbranched alkanes of at least 4 members (excludes halogenated alkanes) is 5. The van der Waals surface area contributed by atoms with E-state index in [1.165, 1.54) is 43.4 Å². The molecule has 0 saturated heterocycles. The summed E-state index contributed by atoms with van der Waals surface area (Å²) in [7, 11) is 0. The Balaban J connectivity index is 2.27. The van der Waals surface area contributed by atoms with Crippen molar-refractivity contribution in [2.75, 3.05) is 0 Å². The highest BCUT2D eigenvalue weighted by molar-refractivity contribution is 7.13. The predicted molar refractivity (Wildman–Crippen MR) is 70.9 cm³/mol. The molecule has 0 saturated carbocycles. The van der Waals surface area contributed by atoms with Crippen molar-refractivity contribution in [3.05, 3.63) is 15.6 Å². The van der Waals surface area contributed by atoms with Crippen LogP contribution in [0, 0.1) is 6.92 Å². The Kier molecular flexibility index (Phi) is 6.19. The topological polar surface area (TPSA) is 50.2 Å². The minimum Gasteiger partial charge on any atom is -0.477 e. The Morgan fingerprint density at radius 1 is 1.24 bits per heavy atom. The lowest BCUT2D eigenvalue weighted by molar-refractivity contribution is 0.0701. The maximum absolute atomic E-state index is 10.9. The Bertz CT molecular complexity index is 360. The lowest BCUT2D eigenvalue weighted by atomic mass is 10.1. The molecule has 0 aliphatic rings. The minimum atomic E-state index is -0.853. The Hall–Kier alpha value is -0.900. The molecule has 1 aromatic rings. The van der Waals surface area contributed by atoms with E-state index < -0.39 is 5.97 Å². The van der Waals surface area contributed by atoms with E-state index in [1.807, 2.05) is 0 Å². The van der Waals surface area contributed by atoms with Crippen LogP contribution in [0.25, 0.3) is 0 Å². The number of aromatic nitrogens is 1. The number of aryl methyl sites for hydroxylation is 2. The summed E-state index contributed by atoms with van der Waals surface area (Å²) in [4.78, 5) is 15.6. The van der Waals surface area contributed by atoms with Crippen LogP contribution in [-0.4, -0.2) is 16.1 Å². The van der Waals surface area contributed by atoms with Crippen molar-refractivity contribution in [1.82, 2.24) is 4.98 Å². The molecule has 1 rings (SSSR count). The third-order valence-corrected chi connectivity index (χ3v) is 3.98. The fourth-order valence-corrected chi connectivity index (χ4v) is 2.76. The van der Waals surface area contributed by atoms with E-state index in [0.717, 1.165) is 17.8 Å². The molecule has 1 aromatic heterocycles. The van der Waals surface area contributed by atoms with Gasteiger partial charge in [0.25, 0.3) is 0 Å². The molecule has 0 aliphatic carbocycles. The summed E-state index contributed by atoms with van der Waals surface area (Å²) in [5.74, 6) is -0.853. The first-order chi connectivity index (χ1) is 8.15. The average Bonchev–Trinajstić information content (AvgIpc) is 2.65. The van der Waals surface area contributed by atoms with Gasteiger partial charge in [0, 0.05) is 0 Å². The number of carbonyl (C=O) groups is 1. The summed E-state index contributed by atoms with van der Waals surface area (Å²) in [6.45, 7) is 3.98. The van der Waals surface area contributed by atoms with Gasteiger partial charge < -0.3 is 5.11 Å². The van der Waals surface area contributed by atoms with Gasteiger partial charge in [-0.25, -0.2) is 9.78 Å². The van der Waals surface area contributed by atoms with Gasteiger partial charge in [-0.1, -0.05) is 39.0 Å². The van der Waals surface area contributed by atoms with Crippen LogP contribution in [0.5, 0.6) is 0 Å². The monoisotopic (exact) mass is 255 g/mol. The van der Waals surface area contributed by atoms with E-state index in [2.05, 4.69) is 11.9 Å². The molecule has 0 aromatic carbocycles. The van der Waals surface area contributed by atoms with Crippen LogP contribution < -0.4 is 0 Å². The second kappa shape index (κ2) is 7.43. The quantitative estimate of drug-likeness (QED) is 0.713. The van der Waals surface area contributed by atoms with Gasteiger partial charge in [0.15, 0.2) is 0 Å².